The fraction of sp³-hybridized carbons (Fsp3) is 0.500. The van der Waals surface area contributed by atoms with E-state index in [1.54, 1.807) is 7.11 Å². The predicted molar refractivity (Wildman–Crippen MR) is 86.3 cm³/mol. The average molecular weight is 300 g/mol. The van der Waals surface area contributed by atoms with Crippen LogP contribution in [0.15, 0.2) is 30.5 Å². The second-order valence-corrected chi connectivity index (χ2v) is 6.69. The Labute approximate surface area is 130 Å². The molecule has 1 aliphatic heterocycles. The summed E-state index contributed by atoms with van der Waals surface area (Å²) in [5.74, 6) is 0.673. The van der Waals surface area contributed by atoms with E-state index in [2.05, 4.69) is 28.1 Å². The first kappa shape index (κ1) is 13.8. The number of benzene rings is 1. The van der Waals surface area contributed by atoms with E-state index in [1.165, 1.54) is 11.1 Å². The van der Waals surface area contributed by atoms with Crippen LogP contribution in [0.4, 0.5) is 10.1 Å². The van der Waals surface area contributed by atoms with Crippen LogP contribution in [0.3, 0.4) is 0 Å². The third kappa shape index (κ3) is 2.13. The Kier molecular flexibility index (Phi) is 3.21. The summed E-state index contributed by atoms with van der Waals surface area (Å²) in [7, 11) is 1.66. The first-order valence-electron chi connectivity index (χ1n) is 8.02. The molecule has 2 aromatic rings. The van der Waals surface area contributed by atoms with Gasteiger partial charge in [0.05, 0.1) is 19.0 Å². The summed E-state index contributed by atoms with van der Waals surface area (Å²) in [5.41, 5.74) is 1.45. The molecule has 1 aromatic heterocycles. The van der Waals surface area contributed by atoms with Crippen LogP contribution in [0.1, 0.15) is 25.7 Å². The number of nitrogens with zero attached hydrogens (tertiary/aromatic N) is 2. The zero-order chi connectivity index (χ0) is 15.2. The van der Waals surface area contributed by atoms with E-state index in [-0.39, 0.29) is 5.41 Å². The van der Waals surface area contributed by atoms with Crippen LogP contribution in [-0.2, 0) is 0 Å². The fourth-order valence-corrected chi connectivity index (χ4v) is 4.08. The van der Waals surface area contributed by atoms with Gasteiger partial charge < -0.3 is 9.64 Å². The molecule has 1 spiro atoms. The van der Waals surface area contributed by atoms with Crippen molar-refractivity contribution in [2.24, 2.45) is 5.41 Å². The van der Waals surface area contributed by atoms with Crippen molar-refractivity contribution in [2.75, 3.05) is 25.1 Å². The molecular weight excluding hydrogens is 279 g/mol. The van der Waals surface area contributed by atoms with Gasteiger partial charge in [-0.05, 0) is 37.2 Å². The number of hydrogen-bond donors (Lipinski definition) is 0. The van der Waals surface area contributed by atoms with Crippen molar-refractivity contribution in [2.45, 2.75) is 31.9 Å². The molecule has 0 unspecified atom stereocenters. The smallest absolute Gasteiger partial charge is 0.221 e. The number of ether oxygens (including phenoxy) is 1. The van der Waals surface area contributed by atoms with Gasteiger partial charge in [0.2, 0.25) is 5.88 Å². The highest BCUT2D eigenvalue weighted by molar-refractivity contribution is 5.96. The van der Waals surface area contributed by atoms with Crippen molar-refractivity contribution in [1.82, 2.24) is 4.98 Å². The SMILES string of the molecule is COc1ncc(N2CCC3(CC2)CC(F)C3)c2ccccc12. The molecule has 3 nitrogen and oxygen atoms in total. The molecule has 0 bridgehead atoms. The molecule has 2 aliphatic rings. The van der Waals surface area contributed by atoms with Crippen LogP contribution in [0.2, 0.25) is 0 Å². The number of halogens is 1. The average Bonchev–Trinajstić information content (AvgIpc) is 2.53. The molecule has 0 amide bonds. The molecule has 1 saturated heterocycles. The van der Waals surface area contributed by atoms with Crippen molar-refractivity contribution < 1.29 is 9.13 Å². The molecule has 4 heteroatoms. The molecule has 0 N–H and O–H groups in total. The summed E-state index contributed by atoms with van der Waals surface area (Å²) < 4.78 is 18.6. The van der Waals surface area contributed by atoms with Crippen molar-refractivity contribution in [3.63, 3.8) is 0 Å². The van der Waals surface area contributed by atoms with Crippen molar-refractivity contribution in [3.8, 4) is 5.88 Å². The van der Waals surface area contributed by atoms with E-state index in [0.29, 0.717) is 5.88 Å². The Morgan fingerprint density at radius 2 is 1.86 bits per heavy atom. The van der Waals surface area contributed by atoms with E-state index in [1.807, 2.05) is 12.3 Å². The molecule has 116 valence electrons. The number of piperidine rings is 1. The van der Waals surface area contributed by atoms with Crippen LogP contribution in [0, 0.1) is 5.41 Å². The standard InChI is InChI=1S/C18H21FN2O/c1-22-17-15-5-3-2-4-14(15)16(12-20-17)21-8-6-18(7-9-21)10-13(19)11-18/h2-5,12-13H,6-11H2,1H3. The second kappa shape index (κ2) is 5.11. The number of alkyl halides is 1. The highest BCUT2D eigenvalue weighted by Crippen LogP contribution is 2.51. The lowest BCUT2D eigenvalue weighted by Gasteiger charge is -2.50. The largest absolute Gasteiger partial charge is 0.481 e. The number of aromatic nitrogens is 1. The Morgan fingerprint density at radius 3 is 2.50 bits per heavy atom. The Hall–Kier alpha value is -1.84. The lowest BCUT2D eigenvalue weighted by atomic mass is 9.62. The lowest BCUT2D eigenvalue weighted by Crippen LogP contribution is -2.48. The normalized spacial score (nSPS) is 21.1. The number of hydrogen-bond acceptors (Lipinski definition) is 3. The quantitative estimate of drug-likeness (QED) is 0.839. The van der Waals surface area contributed by atoms with Gasteiger partial charge in [-0.3, -0.25) is 0 Å². The maximum absolute atomic E-state index is 13.2. The van der Waals surface area contributed by atoms with Crippen LogP contribution >= 0.6 is 0 Å². The summed E-state index contributed by atoms with van der Waals surface area (Å²) in [4.78, 5) is 6.85. The molecule has 0 atom stereocenters. The van der Waals surface area contributed by atoms with Gasteiger partial charge >= 0.3 is 0 Å². The summed E-state index contributed by atoms with van der Waals surface area (Å²) in [6.45, 7) is 1.98. The molecule has 2 fully saturated rings. The lowest BCUT2D eigenvalue weighted by molar-refractivity contribution is 0.00455. The highest BCUT2D eigenvalue weighted by atomic mass is 19.1. The predicted octanol–water partition coefficient (Wildman–Crippen LogP) is 3.96. The van der Waals surface area contributed by atoms with E-state index in [4.69, 9.17) is 4.74 Å². The van der Waals surface area contributed by atoms with Crippen LogP contribution < -0.4 is 9.64 Å². The van der Waals surface area contributed by atoms with Gasteiger partial charge in [-0.25, -0.2) is 9.37 Å². The summed E-state index contributed by atoms with van der Waals surface area (Å²) in [6.07, 6.45) is 5.07. The maximum Gasteiger partial charge on any atom is 0.221 e. The van der Waals surface area contributed by atoms with Gasteiger partial charge in [0.1, 0.15) is 6.17 Å². The highest BCUT2D eigenvalue weighted by Gasteiger charge is 2.46. The number of pyridine rings is 1. The fourth-order valence-electron chi connectivity index (χ4n) is 4.08. The minimum absolute atomic E-state index is 0.283. The van der Waals surface area contributed by atoms with Crippen LogP contribution in [-0.4, -0.2) is 31.4 Å². The Bertz CT molecular complexity index is 687. The van der Waals surface area contributed by atoms with Crippen molar-refractivity contribution >= 4 is 16.5 Å². The number of anilines is 1. The molecule has 1 aromatic carbocycles. The first-order valence-corrected chi connectivity index (χ1v) is 8.02. The number of fused-ring (bicyclic) bond motifs is 1. The van der Waals surface area contributed by atoms with E-state index >= 15 is 0 Å². The van der Waals surface area contributed by atoms with E-state index in [0.717, 1.165) is 44.2 Å². The van der Waals surface area contributed by atoms with Gasteiger partial charge in [-0.2, -0.15) is 0 Å². The minimum Gasteiger partial charge on any atom is -0.481 e. The zero-order valence-electron chi connectivity index (χ0n) is 12.9. The van der Waals surface area contributed by atoms with Crippen LogP contribution in [0.5, 0.6) is 5.88 Å². The topological polar surface area (TPSA) is 25.4 Å². The monoisotopic (exact) mass is 300 g/mol. The molecule has 4 rings (SSSR count). The Balaban J connectivity index is 1.62. The van der Waals surface area contributed by atoms with E-state index < -0.39 is 6.17 Å². The third-order valence-corrected chi connectivity index (χ3v) is 5.40. The van der Waals surface area contributed by atoms with Crippen LogP contribution in [0.25, 0.3) is 10.8 Å². The minimum atomic E-state index is -0.560. The Morgan fingerprint density at radius 1 is 1.18 bits per heavy atom. The number of rotatable bonds is 2. The van der Waals surface area contributed by atoms with Gasteiger partial charge in [-0.1, -0.05) is 18.2 Å². The third-order valence-electron chi connectivity index (χ3n) is 5.40. The molecule has 1 aliphatic carbocycles. The number of methoxy groups -OCH3 is 1. The summed E-state index contributed by atoms with van der Waals surface area (Å²) in [6, 6.07) is 8.24. The summed E-state index contributed by atoms with van der Waals surface area (Å²) in [5, 5.41) is 2.23. The zero-order valence-corrected chi connectivity index (χ0v) is 12.9. The maximum atomic E-state index is 13.2. The molecular formula is C18H21FN2O. The molecule has 1 saturated carbocycles. The molecule has 22 heavy (non-hydrogen) atoms. The van der Waals surface area contributed by atoms with Gasteiger partial charge in [0.25, 0.3) is 0 Å². The first-order chi connectivity index (χ1) is 10.7. The second-order valence-electron chi connectivity index (χ2n) is 6.69. The summed E-state index contributed by atoms with van der Waals surface area (Å²) >= 11 is 0. The van der Waals surface area contributed by atoms with Gasteiger partial charge in [0.15, 0.2) is 0 Å². The van der Waals surface area contributed by atoms with Gasteiger partial charge in [0, 0.05) is 23.9 Å². The molecule has 0 radical (unpaired) electrons. The molecule has 2 heterocycles. The van der Waals surface area contributed by atoms with Crippen molar-refractivity contribution in [3.05, 3.63) is 30.5 Å². The van der Waals surface area contributed by atoms with Gasteiger partial charge in [-0.15, -0.1) is 0 Å². The van der Waals surface area contributed by atoms with Crippen molar-refractivity contribution in [1.29, 1.82) is 0 Å². The van der Waals surface area contributed by atoms with E-state index in [9.17, 15) is 4.39 Å².